The van der Waals surface area contributed by atoms with Gasteiger partial charge in [0.05, 0.1) is 17.7 Å². The van der Waals surface area contributed by atoms with Gasteiger partial charge in [-0.1, -0.05) is 30.3 Å². The predicted octanol–water partition coefficient (Wildman–Crippen LogP) is 3.40. The van der Waals surface area contributed by atoms with E-state index in [1.165, 1.54) is 10.4 Å². The Morgan fingerprint density at radius 2 is 2.00 bits per heavy atom. The Labute approximate surface area is 177 Å². The van der Waals surface area contributed by atoms with E-state index in [9.17, 15) is 0 Å². The topological polar surface area (TPSA) is 52.6 Å². The molecule has 142 valence electrons. The van der Waals surface area contributed by atoms with Gasteiger partial charge in [-0.25, -0.2) is 4.98 Å². The Kier molecular flexibility index (Phi) is 8.80. The number of nitrogens with one attached hydrogen (secondary N) is 2. The van der Waals surface area contributed by atoms with Crippen LogP contribution in [0.4, 0.5) is 0 Å². The van der Waals surface area contributed by atoms with Gasteiger partial charge in [0.2, 0.25) is 0 Å². The standard InChI is InChI=1S/C19H27N5S.HI/c1-15-18(25-14-22-15)12-21-19(20-2)23-17-8-10-24(11-9-17)13-16-6-4-3-5-7-16;/h3-7,14,17H,8-13H2,1-2H3,(H2,20,21,23);1H. The van der Waals surface area contributed by atoms with E-state index in [1.807, 2.05) is 19.5 Å². The van der Waals surface area contributed by atoms with Crippen LogP contribution in [0, 0.1) is 6.92 Å². The lowest BCUT2D eigenvalue weighted by atomic mass is 10.0. The maximum absolute atomic E-state index is 4.36. The first-order chi connectivity index (χ1) is 12.2. The summed E-state index contributed by atoms with van der Waals surface area (Å²) in [6.45, 7) is 6.12. The molecule has 0 aliphatic carbocycles. The van der Waals surface area contributed by atoms with E-state index in [0.717, 1.165) is 50.7 Å². The third-order valence-electron chi connectivity index (χ3n) is 4.66. The van der Waals surface area contributed by atoms with Gasteiger partial charge in [-0.05, 0) is 25.3 Å². The number of likely N-dealkylation sites (tertiary alicyclic amines) is 1. The number of piperidine rings is 1. The fraction of sp³-hybridized carbons (Fsp3) is 0.474. The smallest absolute Gasteiger partial charge is 0.191 e. The van der Waals surface area contributed by atoms with Crippen LogP contribution in [0.5, 0.6) is 0 Å². The number of aryl methyl sites for hydroxylation is 1. The molecule has 1 aromatic heterocycles. The van der Waals surface area contributed by atoms with Crippen molar-refractivity contribution in [1.29, 1.82) is 0 Å². The number of rotatable bonds is 5. The Hall–Kier alpha value is -1.19. The molecule has 5 nitrogen and oxygen atoms in total. The molecule has 0 radical (unpaired) electrons. The second kappa shape index (κ2) is 10.8. The third kappa shape index (κ3) is 6.21. The lowest BCUT2D eigenvalue weighted by molar-refractivity contribution is 0.198. The van der Waals surface area contributed by atoms with E-state index in [4.69, 9.17) is 0 Å². The fourth-order valence-corrected chi connectivity index (χ4v) is 3.84. The van der Waals surface area contributed by atoms with Gasteiger partial charge in [-0.2, -0.15) is 0 Å². The van der Waals surface area contributed by atoms with Crippen molar-refractivity contribution in [2.45, 2.75) is 38.9 Å². The van der Waals surface area contributed by atoms with Crippen LogP contribution < -0.4 is 10.6 Å². The van der Waals surface area contributed by atoms with E-state index < -0.39 is 0 Å². The molecule has 0 unspecified atom stereocenters. The minimum absolute atomic E-state index is 0. The average Bonchev–Trinajstić information content (AvgIpc) is 3.06. The minimum atomic E-state index is 0. The maximum atomic E-state index is 4.36. The fourth-order valence-electron chi connectivity index (χ4n) is 3.12. The molecule has 3 rings (SSSR count). The van der Waals surface area contributed by atoms with Gasteiger partial charge in [-0.3, -0.25) is 9.89 Å². The summed E-state index contributed by atoms with van der Waals surface area (Å²) in [5, 5.41) is 6.98. The zero-order valence-corrected chi connectivity index (χ0v) is 18.6. The molecule has 0 saturated carbocycles. The number of hydrogen-bond acceptors (Lipinski definition) is 4. The Bertz CT molecular complexity index is 680. The molecule has 2 aromatic rings. The lowest BCUT2D eigenvalue weighted by Gasteiger charge is -2.33. The first kappa shape index (κ1) is 21.1. The van der Waals surface area contributed by atoms with Crippen LogP contribution in [0.15, 0.2) is 40.8 Å². The van der Waals surface area contributed by atoms with Gasteiger partial charge in [0.1, 0.15) is 0 Å². The van der Waals surface area contributed by atoms with Gasteiger partial charge >= 0.3 is 0 Å². The summed E-state index contributed by atoms with van der Waals surface area (Å²) in [5.74, 6) is 0.884. The van der Waals surface area contributed by atoms with Crippen molar-refractivity contribution in [2.75, 3.05) is 20.1 Å². The summed E-state index contributed by atoms with van der Waals surface area (Å²) in [4.78, 5) is 12.5. The van der Waals surface area contributed by atoms with E-state index in [0.29, 0.717) is 6.04 Å². The highest BCUT2D eigenvalue weighted by Crippen LogP contribution is 2.14. The van der Waals surface area contributed by atoms with Gasteiger partial charge in [0.15, 0.2) is 5.96 Å². The number of thiazole rings is 1. The highest BCUT2D eigenvalue weighted by Gasteiger charge is 2.20. The number of benzene rings is 1. The highest BCUT2D eigenvalue weighted by molar-refractivity contribution is 14.0. The number of halogens is 1. The highest BCUT2D eigenvalue weighted by atomic mass is 127. The van der Waals surface area contributed by atoms with Gasteiger partial charge in [0, 0.05) is 37.6 Å². The van der Waals surface area contributed by atoms with E-state index in [2.05, 4.69) is 55.8 Å². The van der Waals surface area contributed by atoms with Gasteiger partial charge in [-0.15, -0.1) is 35.3 Å². The minimum Gasteiger partial charge on any atom is -0.354 e. The third-order valence-corrected chi connectivity index (χ3v) is 5.60. The molecule has 26 heavy (non-hydrogen) atoms. The van der Waals surface area contributed by atoms with Crippen molar-refractivity contribution in [1.82, 2.24) is 20.5 Å². The van der Waals surface area contributed by atoms with E-state index >= 15 is 0 Å². The molecular formula is C19H28IN5S. The second-order valence-electron chi connectivity index (χ2n) is 6.47. The molecule has 2 N–H and O–H groups in total. The maximum Gasteiger partial charge on any atom is 0.191 e. The molecule has 1 aromatic carbocycles. The number of guanidine groups is 1. The summed E-state index contributed by atoms with van der Waals surface area (Å²) >= 11 is 1.69. The SMILES string of the molecule is CN=C(NCc1scnc1C)NC1CCN(Cc2ccccc2)CC1.I. The molecule has 1 aliphatic rings. The van der Waals surface area contributed by atoms with Crippen molar-refractivity contribution < 1.29 is 0 Å². The number of hydrogen-bond donors (Lipinski definition) is 2. The van der Waals surface area contributed by atoms with Crippen LogP contribution >= 0.6 is 35.3 Å². The lowest BCUT2D eigenvalue weighted by Crippen LogP contribution is -2.48. The van der Waals surface area contributed by atoms with E-state index in [-0.39, 0.29) is 24.0 Å². The molecule has 0 amide bonds. The Balaban J connectivity index is 0.00000243. The zero-order chi connectivity index (χ0) is 17.5. The first-order valence-electron chi connectivity index (χ1n) is 8.87. The molecule has 0 bridgehead atoms. The zero-order valence-electron chi connectivity index (χ0n) is 15.4. The molecule has 1 fully saturated rings. The summed E-state index contributed by atoms with van der Waals surface area (Å²) in [5.41, 5.74) is 4.39. The molecule has 2 heterocycles. The summed E-state index contributed by atoms with van der Waals surface area (Å²) < 4.78 is 0. The molecule has 1 saturated heterocycles. The number of aromatic nitrogens is 1. The van der Waals surface area contributed by atoms with E-state index in [1.54, 1.807) is 11.3 Å². The molecule has 0 spiro atoms. The van der Waals surface area contributed by atoms with Crippen LogP contribution in [0.3, 0.4) is 0 Å². The van der Waals surface area contributed by atoms with Crippen LogP contribution in [-0.4, -0.2) is 42.0 Å². The quantitative estimate of drug-likeness (QED) is 0.388. The van der Waals surface area contributed by atoms with Crippen LogP contribution in [-0.2, 0) is 13.1 Å². The molecular weight excluding hydrogens is 457 g/mol. The van der Waals surface area contributed by atoms with Crippen molar-refractivity contribution in [3.05, 3.63) is 52.0 Å². The van der Waals surface area contributed by atoms with Crippen molar-refractivity contribution in [3.8, 4) is 0 Å². The predicted molar refractivity (Wildman–Crippen MR) is 120 cm³/mol. The van der Waals surface area contributed by atoms with Crippen molar-refractivity contribution >= 4 is 41.3 Å². The normalized spacial score (nSPS) is 16.2. The van der Waals surface area contributed by atoms with Gasteiger partial charge in [0.25, 0.3) is 0 Å². The van der Waals surface area contributed by atoms with Gasteiger partial charge < -0.3 is 10.6 Å². The van der Waals surface area contributed by atoms with Crippen LogP contribution in [0.1, 0.15) is 29.0 Å². The van der Waals surface area contributed by atoms with Crippen LogP contribution in [0.2, 0.25) is 0 Å². The number of aliphatic imine (C=N–C) groups is 1. The number of nitrogens with zero attached hydrogens (tertiary/aromatic N) is 3. The second-order valence-corrected chi connectivity index (χ2v) is 7.41. The Morgan fingerprint density at radius 1 is 1.27 bits per heavy atom. The molecule has 0 atom stereocenters. The Morgan fingerprint density at radius 3 is 2.62 bits per heavy atom. The van der Waals surface area contributed by atoms with Crippen LogP contribution in [0.25, 0.3) is 0 Å². The molecule has 1 aliphatic heterocycles. The summed E-state index contributed by atoms with van der Waals surface area (Å²) in [6.07, 6.45) is 2.29. The molecule has 7 heteroatoms. The van der Waals surface area contributed by atoms with Crippen molar-refractivity contribution in [2.24, 2.45) is 4.99 Å². The largest absolute Gasteiger partial charge is 0.354 e. The average molecular weight is 485 g/mol. The monoisotopic (exact) mass is 485 g/mol. The first-order valence-corrected chi connectivity index (χ1v) is 9.75. The summed E-state index contributed by atoms with van der Waals surface area (Å²) in [7, 11) is 1.83. The van der Waals surface area contributed by atoms with Crippen molar-refractivity contribution in [3.63, 3.8) is 0 Å². The summed E-state index contributed by atoms with van der Waals surface area (Å²) in [6, 6.07) is 11.2.